The minimum atomic E-state index is -0.318. The Hall–Kier alpha value is -1.13. The van der Waals surface area contributed by atoms with Crippen molar-refractivity contribution in [3.05, 3.63) is 29.6 Å². The molecule has 3 atom stereocenters. The van der Waals surface area contributed by atoms with E-state index in [1.54, 1.807) is 6.07 Å². The number of likely N-dealkylation sites (N-methyl/N-ethyl adjacent to an activating group) is 1. The van der Waals surface area contributed by atoms with E-state index in [4.69, 9.17) is 10.5 Å². The molecule has 1 aliphatic heterocycles. The Kier molecular flexibility index (Phi) is 3.88. The lowest BCUT2D eigenvalue weighted by Crippen LogP contribution is -2.37. The second-order valence-corrected chi connectivity index (χ2v) is 5.00. The molecule has 1 heterocycles. The SMILES string of the molecule is CC1OCCC1N(C)c1cccc(F)c1[C@H](C)N. The van der Waals surface area contributed by atoms with Crippen LogP contribution in [-0.2, 0) is 4.74 Å². The van der Waals surface area contributed by atoms with E-state index in [2.05, 4.69) is 11.8 Å². The van der Waals surface area contributed by atoms with Gasteiger partial charge in [-0.15, -0.1) is 0 Å². The smallest absolute Gasteiger partial charge is 0.130 e. The van der Waals surface area contributed by atoms with Crippen molar-refractivity contribution >= 4 is 5.69 Å². The molecule has 100 valence electrons. The van der Waals surface area contributed by atoms with Crippen molar-refractivity contribution in [2.45, 2.75) is 38.5 Å². The molecule has 18 heavy (non-hydrogen) atoms. The Labute approximate surface area is 108 Å². The van der Waals surface area contributed by atoms with E-state index in [9.17, 15) is 4.39 Å². The van der Waals surface area contributed by atoms with Crippen LogP contribution in [0, 0.1) is 5.82 Å². The van der Waals surface area contributed by atoms with Crippen LogP contribution in [0.4, 0.5) is 10.1 Å². The van der Waals surface area contributed by atoms with Crippen molar-refractivity contribution in [3.8, 4) is 0 Å². The lowest BCUT2D eigenvalue weighted by molar-refractivity contribution is 0.118. The Balaban J connectivity index is 2.35. The molecule has 2 unspecified atom stereocenters. The van der Waals surface area contributed by atoms with E-state index in [1.807, 2.05) is 20.0 Å². The number of nitrogens with two attached hydrogens (primary N) is 1. The van der Waals surface area contributed by atoms with Gasteiger partial charge in [0, 0.05) is 30.9 Å². The molecule has 1 aromatic carbocycles. The van der Waals surface area contributed by atoms with Crippen LogP contribution in [0.1, 0.15) is 31.9 Å². The summed E-state index contributed by atoms with van der Waals surface area (Å²) in [5.41, 5.74) is 7.34. The zero-order valence-corrected chi connectivity index (χ0v) is 11.2. The van der Waals surface area contributed by atoms with Crippen molar-refractivity contribution in [2.75, 3.05) is 18.6 Å². The lowest BCUT2D eigenvalue weighted by Gasteiger charge is -2.31. The molecule has 1 aromatic rings. The molecule has 1 saturated heterocycles. The topological polar surface area (TPSA) is 38.5 Å². The summed E-state index contributed by atoms with van der Waals surface area (Å²) in [7, 11) is 1.98. The summed E-state index contributed by atoms with van der Waals surface area (Å²) in [6.07, 6.45) is 1.13. The highest BCUT2D eigenvalue weighted by molar-refractivity contribution is 5.56. The van der Waals surface area contributed by atoms with Crippen LogP contribution in [0.5, 0.6) is 0 Å². The van der Waals surface area contributed by atoms with E-state index in [1.165, 1.54) is 6.07 Å². The third-order valence-corrected chi connectivity index (χ3v) is 3.70. The third kappa shape index (κ3) is 2.35. The van der Waals surface area contributed by atoms with Gasteiger partial charge >= 0.3 is 0 Å². The van der Waals surface area contributed by atoms with Crippen LogP contribution >= 0.6 is 0 Å². The molecular formula is C14H21FN2O. The van der Waals surface area contributed by atoms with Gasteiger partial charge in [-0.25, -0.2) is 4.39 Å². The van der Waals surface area contributed by atoms with Gasteiger partial charge in [0.1, 0.15) is 5.82 Å². The summed E-state index contributed by atoms with van der Waals surface area (Å²) in [5, 5.41) is 0. The lowest BCUT2D eigenvalue weighted by atomic mass is 10.0. The molecule has 2 N–H and O–H groups in total. The molecule has 4 heteroatoms. The largest absolute Gasteiger partial charge is 0.376 e. The van der Waals surface area contributed by atoms with Crippen LogP contribution in [0.25, 0.3) is 0 Å². The standard InChI is InChI=1S/C14H21FN2O/c1-9(16)14-11(15)5-4-6-13(14)17(3)12-7-8-18-10(12)2/h4-6,9-10,12H,7-8,16H2,1-3H3/t9-,10?,12?/m0/s1. The first-order chi connectivity index (χ1) is 8.52. The molecule has 1 fully saturated rings. The number of rotatable bonds is 3. The van der Waals surface area contributed by atoms with E-state index < -0.39 is 0 Å². The van der Waals surface area contributed by atoms with E-state index in [0.717, 1.165) is 18.7 Å². The van der Waals surface area contributed by atoms with Crippen molar-refractivity contribution in [2.24, 2.45) is 5.73 Å². The maximum atomic E-state index is 13.9. The van der Waals surface area contributed by atoms with Crippen molar-refractivity contribution in [3.63, 3.8) is 0 Å². The van der Waals surface area contributed by atoms with E-state index >= 15 is 0 Å². The molecule has 1 aliphatic rings. The maximum absolute atomic E-state index is 13.9. The van der Waals surface area contributed by atoms with Crippen LogP contribution < -0.4 is 10.6 Å². The monoisotopic (exact) mass is 252 g/mol. The molecular weight excluding hydrogens is 231 g/mol. The zero-order chi connectivity index (χ0) is 13.3. The molecule has 0 aromatic heterocycles. The summed E-state index contributed by atoms with van der Waals surface area (Å²) < 4.78 is 19.5. The molecule has 0 spiro atoms. The number of halogens is 1. The predicted molar refractivity (Wildman–Crippen MR) is 71.2 cm³/mol. The Bertz CT molecular complexity index is 422. The Morgan fingerprint density at radius 3 is 2.78 bits per heavy atom. The summed E-state index contributed by atoms with van der Waals surface area (Å²) in [6.45, 7) is 4.63. The minimum Gasteiger partial charge on any atom is -0.376 e. The number of ether oxygens (including phenoxy) is 1. The van der Waals surface area contributed by atoms with Gasteiger partial charge in [0.25, 0.3) is 0 Å². The summed E-state index contributed by atoms with van der Waals surface area (Å²) in [6, 6.07) is 5.08. The number of hydrogen-bond donors (Lipinski definition) is 1. The molecule has 3 nitrogen and oxygen atoms in total. The molecule has 0 aliphatic carbocycles. The fourth-order valence-corrected chi connectivity index (χ4v) is 2.69. The number of nitrogens with zero attached hydrogens (tertiary/aromatic N) is 1. The molecule has 2 rings (SSSR count). The van der Waals surface area contributed by atoms with Gasteiger partial charge in [-0.2, -0.15) is 0 Å². The predicted octanol–water partition coefficient (Wildman–Crippen LogP) is 2.46. The fourth-order valence-electron chi connectivity index (χ4n) is 2.69. The molecule has 0 amide bonds. The van der Waals surface area contributed by atoms with Gasteiger partial charge < -0.3 is 15.4 Å². The second-order valence-electron chi connectivity index (χ2n) is 5.00. The normalized spacial score (nSPS) is 25.2. The van der Waals surface area contributed by atoms with Gasteiger partial charge in [-0.05, 0) is 32.4 Å². The Morgan fingerprint density at radius 1 is 1.50 bits per heavy atom. The molecule has 0 bridgehead atoms. The number of hydrogen-bond acceptors (Lipinski definition) is 3. The highest BCUT2D eigenvalue weighted by atomic mass is 19.1. The van der Waals surface area contributed by atoms with Gasteiger partial charge in [0.05, 0.1) is 12.1 Å². The van der Waals surface area contributed by atoms with Gasteiger partial charge in [-0.3, -0.25) is 0 Å². The second kappa shape index (κ2) is 5.24. The first kappa shape index (κ1) is 13.3. The van der Waals surface area contributed by atoms with Crippen molar-refractivity contribution in [1.82, 2.24) is 0 Å². The maximum Gasteiger partial charge on any atom is 0.130 e. The Morgan fingerprint density at radius 2 is 2.22 bits per heavy atom. The molecule has 0 radical (unpaired) electrons. The highest BCUT2D eigenvalue weighted by Crippen LogP contribution is 2.31. The van der Waals surface area contributed by atoms with Gasteiger partial charge in [0.15, 0.2) is 0 Å². The quantitative estimate of drug-likeness (QED) is 0.898. The summed E-state index contributed by atoms with van der Waals surface area (Å²) >= 11 is 0. The highest BCUT2D eigenvalue weighted by Gasteiger charge is 2.29. The van der Waals surface area contributed by atoms with Crippen LogP contribution in [0.15, 0.2) is 18.2 Å². The van der Waals surface area contributed by atoms with Crippen molar-refractivity contribution < 1.29 is 9.13 Å². The van der Waals surface area contributed by atoms with Crippen molar-refractivity contribution in [1.29, 1.82) is 0 Å². The molecule has 0 saturated carbocycles. The first-order valence-electron chi connectivity index (χ1n) is 6.40. The van der Waals surface area contributed by atoms with Gasteiger partial charge in [0.2, 0.25) is 0 Å². The average molecular weight is 252 g/mol. The van der Waals surface area contributed by atoms with Gasteiger partial charge in [-0.1, -0.05) is 6.07 Å². The van der Waals surface area contributed by atoms with E-state index in [0.29, 0.717) is 5.56 Å². The van der Waals surface area contributed by atoms with E-state index in [-0.39, 0.29) is 24.0 Å². The fraction of sp³-hybridized carbons (Fsp3) is 0.571. The number of benzene rings is 1. The first-order valence-corrected chi connectivity index (χ1v) is 6.40. The number of anilines is 1. The zero-order valence-electron chi connectivity index (χ0n) is 11.2. The van der Waals surface area contributed by atoms with Crippen LogP contribution in [-0.4, -0.2) is 25.8 Å². The third-order valence-electron chi connectivity index (χ3n) is 3.70. The minimum absolute atomic E-state index is 0.166. The van der Waals surface area contributed by atoms with Crippen LogP contribution in [0.3, 0.4) is 0 Å². The summed E-state index contributed by atoms with van der Waals surface area (Å²) in [5.74, 6) is -0.235. The van der Waals surface area contributed by atoms with Crippen LogP contribution in [0.2, 0.25) is 0 Å². The average Bonchev–Trinajstić information content (AvgIpc) is 2.73. The summed E-state index contributed by atoms with van der Waals surface area (Å²) in [4.78, 5) is 2.10.